The van der Waals surface area contributed by atoms with Crippen LogP contribution in [0.2, 0.25) is 0 Å². The topological polar surface area (TPSA) is 55.6 Å². The van der Waals surface area contributed by atoms with Gasteiger partial charge in [-0.15, -0.1) is 11.3 Å². The van der Waals surface area contributed by atoms with Crippen LogP contribution in [0.1, 0.15) is 28.2 Å². The number of anilines is 1. The van der Waals surface area contributed by atoms with Crippen LogP contribution in [0, 0.1) is 6.92 Å². The van der Waals surface area contributed by atoms with Crippen LogP contribution in [-0.4, -0.2) is 19.5 Å². The van der Waals surface area contributed by atoms with Gasteiger partial charge in [0.1, 0.15) is 22.8 Å². The van der Waals surface area contributed by atoms with E-state index in [9.17, 15) is 0 Å². The number of fused-ring (bicyclic) bond motifs is 4. The molecule has 0 saturated carbocycles. The average Bonchev–Trinajstić information content (AvgIpc) is 3.26. The van der Waals surface area contributed by atoms with E-state index in [0.29, 0.717) is 6.54 Å². The summed E-state index contributed by atoms with van der Waals surface area (Å²) in [6.45, 7) is 2.75. The molecule has 5 nitrogen and oxygen atoms in total. The second-order valence-corrected chi connectivity index (χ2v) is 7.78. The van der Waals surface area contributed by atoms with Crippen LogP contribution >= 0.6 is 11.3 Å². The third kappa shape index (κ3) is 2.32. The van der Waals surface area contributed by atoms with Crippen molar-refractivity contribution in [2.24, 2.45) is 7.05 Å². The molecule has 3 heterocycles. The van der Waals surface area contributed by atoms with E-state index in [4.69, 9.17) is 4.98 Å². The number of nitrogens with zero attached hydrogens (tertiary/aromatic N) is 4. The van der Waals surface area contributed by atoms with E-state index in [2.05, 4.69) is 52.0 Å². The fraction of sp³-hybridized carbons (Fsp3) is 0.316. The van der Waals surface area contributed by atoms with Gasteiger partial charge < -0.3 is 9.88 Å². The molecule has 0 fully saturated rings. The highest BCUT2D eigenvalue weighted by molar-refractivity contribution is 7.19. The number of thiophene rings is 1. The molecule has 0 aliphatic heterocycles. The van der Waals surface area contributed by atoms with Gasteiger partial charge >= 0.3 is 0 Å². The van der Waals surface area contributed by atoms with Crippen molar-refractivity contribution < 1.29 is 0 Å². The molecule has 3 aromatic heterocycles. The predicted molar refractivity (Wildman–Crippen MR) is 102 cm³/mol. The summed E-state index contributed by atoms with van der Waals surface area (Å²) in [5, 5.41) is 4.73. The van der Waals surface area contributed by atoms with Crippen LogP contribution < -0.4 is 5.32 Å². The Morgan fingerprint density at radius 1 is 1.24 bits per heavy atom. The van der Waals surface area contributed by atoms with Crippen molar-refractivity contribution in [2.45, 2.75) is 32.7 Å². The second kappa shape index (κ2) is 5.52. The van der Waals surface area contributed by atoms with E-state index >= 15 is 0 Å². The van der Waals surface area contributed by atoms with Crippen molar-refractivity contribution in [2.75, 3.05) is 5.32 Å². The standard InChI is InChI=1S/C19H19N5S/c1-11-6-7-14-13(8-11)23-16(24(14)2)9-20-18-17-12-4-3-5-15(12)25-19(17)22-10-21-18/h6-8,10H,3-5,9H2,1-2H3,(H,20,21,22). The summed E-state index contributed by atoms with van der Waals surface area (Å²) < 4.78 is 2.15. The Kier molecular flexibility index (Phi) is 3.28. The van der Waals surface area contributed by atoms with Gasteiger partial charge in [0.25, 0.3) is 0 Å². The quantitative estimate of drug-likeness (QED) is 0.608. The van der Waals surface area contributed by atoms with Gasteiger partial charge in [-0.1, -0.05) is 6.07 Å². The molecule has 0 radical (unpaired) electrons. The molecular weight excluding hydrogens is 330 g/mol. The Labute approximate surface area is 149 Å². The summed E-state index contributed by atoms with van der Waals surface area (Å²) >= 11 is 1.82. The van der Waals surface area contributed by atoms with Crippen LogP contribution in [-0.2, 0) is 26.4 Å². The molecule has 126 valence electrons. The molecular formula is C19H19N5S. The Balaban J connectivity index is 1.51. The molecule has 1 N–H and O–H groups in total. The summed E-state index contributed by atoms with van der Waals surface area (Å²) in [6, 6.07) is 6.40. The fourth-order valence-corrected chi connectivity index (χ4v) is 4.97. The van der Waals surface area contributed by atoms with Crippen LogP contribution in [0.25, 0.3) is 21.3 Å². The zero-order valence-electron chi connectivity index (χ0n) is 14.3. The van der Waals surface area contributed by atoms with Gasteiger partial charge in [0, 0.05) is 11.9 Å². The SMILES string of the molecule is Cc1ccc2c(c1)nc(CNc1ncnc3sc4c(c13)CCC4)n2C. The zero-order valence-corrected chi connectivity index (χ0v) is 15.2. The zero-order chi connectivity index (χ0) is 17.0. The molecule has 0 amide bonds. The normalized spacial score (nSPS) is 13.7. The monoisotopic (exact) mass is 349 g/mol. The molecule has 1 aliphatic rings. The van der Waals surface area contributed by atoms with Crippen molar-refractivity contribution in [1.82, 2.24) is 19.5 Å². The number of aromatic nitrogens is 4. The third-order valence-electron chi connectivity index (χ3n) is 5.04. The lowest BCUT2D eigenvalue weighted by atomic mass is 10.2. The number of hydrogen-bond donors (Lipinski definition) is 1. The molecule has 25 heavy (non-hydrogen) atoms. The van der Waals surface area contributed by atoms with E-state index in [1.54, 1.807) is 6.33 Å². The maximum Gasteiger partial charge on any atom is 0.138 e. The Bertz CT molecular complexity index is 1110. The summed E-state index contributed by atoms with van der Waals surface area (Å²) in [6.07, 6.45) is 5.23. The van der Waals surface area contributed by atoms with Gasteiger partial charge in [0.15, 0.2) is 0 Å². The smallest absolute Gasteiger partial charge is 0.138 e. The molecule has 1 aromatic carbocycles. The first kappa shape index (κ1) is 14.8. The van der Waals surface area contributed by atoms with Crippen molar-refractivity contribution in [3.05, 3.63) is 46.4 Å². The first-order valence-corrected chi connectivity index (χ1v) is 9.43. The molecule has 4 aromatic rings. The van der Waals surface area contributed by atoms with Crippen molar-refractivity contribution in [3.8, 4) is 0 Å². The van der Waals surface area contributed by atoms with Gasteiger partial charge in [0.2, 0.25) is 0 Å². The van der Waals surface area contributed by atoms with Gasteiger partial charge in [-0.05, 0) is 49.4 Å². The van der Waals surface area contributed by atoms with Gasteiger partial charge in [-0.25, -0.2) is 15.0 Å². The molecule has 0 atom stereocenters. The number of hydrogen-bond acceptors (Lipinski definition) is 5. The summed E-state index contributed by atoms with van der Waals surface area (Å²) in [5.74, 6) is 1.95. The Morgan fingerprint density at radius 2 is 2.16 bits per heavy atom. The van der Waals surface area contributed by atoms with E-state index in [-0.39, 0.29) is 0 Å². The first-order valence-electron chi connectivity index (χ1n) is 8.62. The second-order valence-electron chi connectivity index (χ2n) is 6.69. The van der Waals surface area contributed by atoms with E-state index in [1.165, 1.54) is 34.2 Å². The molecule has 0 unspecified atom stereocenters. The largest absolute Gasteiger partial charge is 0.362 e. The Morgan fingerprint density at radius 3 is 3.08 bits per heavy atom. The number of aryl methyl sites for hydroxylation is 4. The van der Waals surface area contributed by atoms with E-state index in [0.717, 1.165) is 33.9 Å². The lowest BCUT2D eigenvalue weighted by Gasteiger charge is -2.08. The lowest BCUT2D eigenvalue weighted by molar-refractivity contribution is 0.832. The maximum atomic E-state index is 4.79. The number of nitrogens with one attached hydrogen (secondary N) is 1. The highest BCUT2D eigenvalue weighted by atomic mass is 32.1. The maximum absolute atomic E-state index is 4.79. The minimum atomic E-state index is 0.654. The van der Waals surface area contributed by atoms with Crippen LogP contribution in [0.5, 0.6) is 0 Å². The molecule has 5 rings (SSSR count). The highest BCUT2D eigenvalue weighted by Gasteiger charge is 2.21. The molecule has 0 bridgehead atoms. The molecule has 6 heteroatoms. The fourth-order valence-electron chi connectivity index (χ4n) is 3.74. The minimum absolute atomic E-state index is 0.654. The predicted octanol–water partition coefficient (Wildman–Crippen LogP) is 3.99. The molecule has 0 spiro atoms. The third-order valence-corrected chi connectivity index (χ3v) is 6.24. The van der Waals surface area contributed by atoms with E-state index in [1.807, 2.05) is 11.3 Å². The number of imidazole rings is 1. The number of benzene rings is 1. The average molecular weight is 349 g/mol. The number of rotatable bonds is 3. The minimum Gasteiger partial charge on any atom is -0.362 e. The van der Waals surface area contributed by atoms with E-state index < -0.39 is 0 Å². The summed E-state index contributed by atoms with van der Waals surface area (Å²) in [4.78, 5) is 16.4. The van der Waals surface area contributed by atoms with Crippen LogP contribution in [0.3, 0.4) is 0 Å². The van der Waals surface area contributed by atoms with Gasteiger partial charge in [0.05, 0.1) is 23.0 Å². The first-order chi connectivity index (χ1) is 12.2. The van der Waals surface area contributed by atoms with Crippen LogP contribution in [0.4, 0.5) is 5.82 Å². The van der Waals surface area contributed by atoms with Crippen LogP contribution in [0.15, 0.2) is 24.5 Å². The summed E-state index contributed by atoms with van der Waals surface area (Å²) in [7, 11) is 2.07. The lowest BCUT2D eigenvalue weighted by Crippen LogP contribution is -2.07. The summed E-state index contributed by atoms with van der Waals surface area (Å²) in [5.41, 5.74) is 4.88. The Hall–Kier alpha value is -2.47. The van der Waals surface area contributed by atoms with Crippen molar-refractivity contribution >= 4 is 38.4 Å². The highest BCUT2D eigenvalue weighted by Crippen LogP contribution is 2.39. The molecule has 1 aliphatic carbocycles. The molecule has 0 saturated heterocycles. The van der Waals surface area contributed by atoms with Gasteiger partial charge in [-0.2, -0.15) is 0 Å². The van der Waals surface area contributed by atoms with Crippen molar-refractivity contribution in [1.29, 1.82) is 0 Å². The van der Waals surface area contributed by atoms with Gasteiger partial charge in [-0.3, -0.25) is 0 Å². The van der Waals surface area contributed by atoms with Crippen molar-refractivity contribution in [3.63, 3.8) is 0 Å².